The fourth-order valence-corrected chi connectivity index (χ4v) is 2.14. The van der Waals surface area contributed by atoms with Gasteiger partial charge in [0.15, 0.2) is 5.65 Å². The molecule has 1 atom stereocenters. The van der Waals surface area contributed by atoms with E-state index in [0.29, 0.717) is 11.5 Å². The molecule has 3 aromatic rings. The Bertz CT molecular complexity index is 735. The maximum atomic E-state index is 5.91. The van der Waals surface area contributed by atoms with Gasteiger partial charge in [0.1, 0.15) is 12.1 Å². The lowest BCUT2D eigenvalue weighted by Gasteiger charge is -2.10. The summed E-state index contributed by atoms with van der Waals surface area (Å²) in [5, 5.41) is 7.87. The maximum Gasteiger partial charge on any atom is 0.186 e. The van der Waals surface area contributed by atoms with Gasteiger partial charge >= 0.3 is 0 Å². The van der Waals surface area contributed by atoms with Crippen LogP contribution in [0.2, 0.25) is 0 Å². The Hall–Kier alpha value is -2.47. The first-order valence-corrected chi connectivity index (χ1v) is 6.28. The molecule has 0 amide bonds. The summed E-state index contributed by atoms with van der Waals surface area (Å²) in [6.07, 6.45) is 1.47. The third kappa shape index (κ3) is 2.00. The first-order valence-electron chi connectivity index (χ1n) is 6.28. The minimum atomic E-state index is 0.0657. The molecule has 0 saturated heterocycles. The molecule has 2 aromatic heterocycles. The van der Waals surface area contributed by atoms with Gasteiger partial charge < -0.3 is 10.5 Å². The minimum Gasteiger partial charge on any atom is -0.383 e. The number of nitrogens with zero attached hydrogens (tertiary/aromatic N) is 3. The monoisotopic (exact) mass is 269 g/mol. The number of aromatic nitrogens is 4. The second-order valence-corrected chi connectivity index (χ2v) is 4.56. The van der Waals surface area contributed by atoms with Crippen molar-refractivity contribution in [2.75, 3.05) is 12.8 Å². The van der Waals surface area contributed by atoms with Crippen LogP contribution in [0.5, 0.6) is 0 Å². The van der Waals surface area contributed by atoms with Crippen LogP contribution in [0.25, 0.3) is 22.3 Å². The number of fused-ring (bicyclic) bond motifs is 1. The smallest absolute Gasteiger partial charge is 0.186 e. The van der Waals surface area contributed by atoms with Gasteiger partial charge in [0.05, 0.1) is 17.2 Å². The van der Waals surface area contributed by atoms with Crippen molar-refractivity contribution in [2.24, 2.45) is 0 Å². The lowest BCUT2D eigenvalue weighted by atomic mass is 10.0. The zero-order valence-corrected chi connectivity index (χ0v) is 11.3. The van der Waals surface area contributed by atoms with Crippen molar-refractivity contribution in [2.45, 2.75) is 13.0 Å². The van der Waals surface area contributed by atoms with Gasteiger partial charge in [-0.2, -0.15) is 5.10 Å². The van der Waals surface area contributed by atoms with Gasteiger partial charge in [0, 0.05) is 12.7 Å². The van der Waals surface area contributed by atoms with Crippen LogP contribution in [0, 0.1) is 0 Å². The van der Waals surface area contributed by atoms with E-state index in [1.54, 1.807) is 7.11 Å². The molecule has 6 heteroatoms. The van der Waals surface area contributed by atoms with Gasteiger partial charge in [-0.3, -0.25) is 5.10 Å². The lowest BCUT2D eigenvalue weighted by Crippen LogP contribution is -1.95. The molecule has 3 N–H and O–H groups in total. The van der Waals surface area contributed by atoms with Crippen LogP contribution >= 0.6 is 0 Å². The van der Waals surface area contributed by atoms with E-state index in [1.807, 2.05) is 31.2 Å². The number of nitrogens with two attached hydrogens (primary N) is 1. The fraction of sp³-hybridized carbons (Fsp3) is 0.214. The van der Waals surface area contributed by atoms with Gasteiger partial charge in [0.25, 0.3) is 0 Å². The third-order valence-electron chi connectivity index (χ3n) is 3.40. The van der Waals surface area contributed by atoms with Gasteiger partial charge in [-0.15, -0.1) is 0 Å². The first kappa shape index (κ1) is 12.6. The van der Waals surface area contributed by atoms with Crippen molar-refractivity contribution in [1.29, 1.82) is 0 Å². The van der Waals surface area contributed by atoms with Crippen LogP contribution in [0.15, 0.2) is 30.6 Å². The highest BCUT2D eigenvalue weighted by Crippen LogP contribution is 2.29. The molecule has 0 spiro atoms. The predicted molar refractivity (Wildman–Crippen MR) is 77.0 cm³/mol. The molecule has 102 valence electrons. The summed E-state index contributed by atoms with van der Waals surface area (Å²) in [4.78, 5) is 8.11. The number of rotatable bonds is 3. The quantitative estimate of drug-likeness (QED) is 0.761. The summed E-state index contributed by atoms with van der Waals surface area (Å²) in [7, 11) is 1.69. The van der Waals surface area contributed by atoms with E-state index in [4.69, 9.17) is 10.5 Å². The summed E-state index contributed by atoms with van der Waals surface area (Å²) >= 11 is 0. The van der Waals surface area contributed by atoms with E-state index < -0.39 is 0 Å². The van der Waals surface area contributed by atoms with E-state index in [-0.39, 0.29) is 6.10 Å². The van der Waals surface area contributed by atoms with Crippen molar-refractivity contribution in [1.82, 2.24) is 20.2 Å². The number of benzene rings is 1. The highest BCUT2D eigenvalue weighted by Gasteiger charge is 2.12. The number of anilines is 1. The highest BCUT2D eigenvalue weighted by atomic mass is 16.5. The number of ether oxygens (including phenoxy) is 1. The van der Waals surface area contributed by atoms with E-state index in [0.717, 1.165) is 22.2 Å². The Morgan fingerprint density at radius 1 is 1.20 bits per heavy atom. The molecule has 0 fully saturated rings. The zero-order chi connectivity index (χ0) is 14.1. The van der Waals surface area contributed by atoms with Gasteiger partial charge in [0.2, 0.25) is 0 Å². The molecule has 0 aliphatic heterocycles. The molecule has 0 aliphatic carbocycles. The van der Waals surface area contributed by atoms with Crippen molar-refractivity contribution >= 4 is 16.9 Å². The van der Waals surface area contributed by atoms with Crippen LogP contribution in [0.4, 0.5) is 5.82 Å². The average Bonchev–Trinajstić information content (AvgIpc) is 2.92. The van der Waals surface area contributed by atoms with Crippen molar-refractivity contribution in [3.05, 3.63) is 36.2 Å². The molecule has 2 heterocycles. The molecule has 0 unspecified atom stereocenters. The highest BCUT2D eigenvalue weighted by molar-refractivity contribution is 5.97. The second kappa shape index (κ2) is 4.90. The average molecular weight is 269 g/mol. The van der Waals surface area contributed by atoms with E-state index in [2.05, 4.69) is 20.2 Å². The van der Waals surface area contributed by atoms with Crippen molar-refractivity contribution in [3.63, 3.8) is 0 Å². The molecule has 6 nitrogen and oxygen atoms in total. The Labute approximate surface area is 116 Å². The van der Waals surface area contributed by atoms with Crippen molar-refractivity contribution in [3.8, 4) is 11.3 Å². The molecular weight excluding hydrogens is 254 g/mol. The number of methoxy groups -OCH3 is 1. The fourth-order valence-electron chi connectivity index (χ4n) is 2.14. The van der Waals surface area contributed by atoms with Crippen LogP contribution in [0.1, 0.15) is 18.6 Å². The number of aromatic amines is 1. The molecule has 0 radical (unpaired) electrons. The second-order valence-electron chi connectivity index (χ2n) is 4.56. The molecule has 0 aliphatic rings. The number of hydrogen-bond donors (Lipinski definition) is 2. The Kier molecular flexibility index (Phi) is 3.08. The van der Waals surface area contributed by atoms with Gasteiger partial charge in [-0.25, -0.2) is 9.97 Å². The van der Waals surface area contributed by atoms with Crippen LogP contribution in [-0.2, 0) is 4.74 Å². The molecule has 0 saturated carbocycles. The molecule has 20 heavy (non-hydrogen) atoms. The van der Waals surface area contributed by atoms with Crippen LogP contribution in [-0.4, -0.2) is 27.3 Å². The predicted octanol–water partition coefficient (Wildman–Crippen LogP) is 2.31. The SMILES string of the molecule is CO[C@@H](C)c1ccc(-c2[nH]nc3ncnc(N)c23)cc1. The summed E-state index contributed by atoms with van der Waals surface area (Å²) in [5.74, 6) is 0.424. The Morgan fingerprint density at radius 3 is 2.65 bits per heavy atom. The van der Waals surface area contributed by atoms with E-state index >= 15 is 0 Å². The number of nitrogens with one attached hydrogen (secondary N) is 1. The Balaban J connectivity index is 2.07. The topological polar surface area (TPSA) is 89.7 Å². The minimum absolute atomic E-state index is 0.0657. The summed E-state index contributed by atoms with van der Waals surface area (Å²) in [6, 6.07) is 8.06. The molecular formula is C14H15N5O. The van der Waals surface area contributed by atoms with Gasteiger partial charge in [-0.1, -0.05) is 24.3 Å². The largest absolute Gasteiger partial charge is 0.383 e. The molecule has 3 rings (SSSR count). The van der Waals surface area contributed by atoms with E-state index in [9.17, 15) is 0 Å². The van der Waals surface area contributed by atoms with Crippen LogP contribution < -0.4 is 5.73 Å². The first-order chi connectivity index (χ1) is 9.70. The summed E-state index contributed by atoms with van der Waals surface area (Å²) in [5.41, 5.74) is 9.41. The van der Waals surface area contributed by atoms with E-state index in [1.165, 1.54) is 6.33 Å². The maximum absolute atomic E-state index is 5.91. The number of nitrogen functional groups attached to an aromatic ring is 1. The van der Waals surface area contributed by atoms with Crippen molar-refractivity contribution < 1.29 is 4.74 Å². The van der Waals surface area contributed by atoms with Gasteiger partial charge in [-0.05, 0) is 12.5 Å². The summed E-state index contributed by atoms with van der Waals surface area (Å²) in [6.45, 7) is 2.01. The zero-order valence-electron chi connectivity index (χ0n) is 11.3. The lowest BCUT2D eigenvalue weighted by molar-refractivity contribution is 0.119. The normalized spacial score (nSPS) is 12.7. The third-order valence-corrected chi connectivity index (χ3v) is 3.40. The number of hydrogen-bond acceptors (Lipinski definition) is 5. The number of H-pyrrole nitrogens is 1. The molecule has 0 bridgehead atoms. The standard InChI is InChI=1S/C14H15N5O/c1-8(20-2)9-3-5-10(6-4-9)12-11-13(15)16-7-17-14(11)19-18-12/h3-8H,1-2H3,(H3,15,16,17,18,19)/t8-/m0/s1. The summed E-state index contributed by atoms with van der Waals surface area (Å²) < 4.78 is 5.30. The molecule has 1 aromatic carbocycles. The Morgan fingerprint density at radius 2 is 1.95 bits per heavy atom. The van der Waals surface area contributed by atoms with Crippen LogP contribution in [0.3, 0.4) is 0 Å².